The molecule has 0 aliphatic heterocycles. The van der Waals surface area contributed by atoms with E-state index in [0.29, 0.717) is 17.4 Å². The van der Waals surface area contributed by atoms with Gasteiger partial charge in [0.1, 0.15) is 27.5 Å². The number of nitrogens with one attached hydrogen (secondary N) is 1. The predicted molar refractivity (Wildman–Crippen MR) is 182 cm³/mol. The average Bonchev–Trinajstić information content (AvgIpc) is 3.06. The van der Waals surface area contributed by atoms with E-state index in [4.69, 9.17) is 16.6 Å². The number of rotatable bonds is 10. The summed E-state index contributed by atoms with van der Waals surface area (Å²) in [4.78, 5) is 21.1. The molecule has 4 aromatic rings. The highest BCUT2D eigenvalue weighted by molar-refractivity contribution is 7.86. The second kappa shape index (κ2) is 14.0. The first-order chi connectivity index (χ1) is 23.6. The summed E-state index contributed by atoms with van der Waals surface area (Å²) in [5, 5.41) is 29.3. The Hall–Kier alpha value is -6.41. The first kappa shape index (κ1) is 34.9. The number of carbonyl (C=O) groups excluding carboxylic acids is 1. The standard InChI is InChI=1S/C31H24N8O9S2/c32-24-15-25(33)28(39-37-26-11-10-22(49(43,44)45)14-30(26)50(46,47)48)16-27(24)38-35-20-7-3-18(4-8-20)17-1-5-19(6-2-17)34-36-21-9-12-29(40)23(13-21)31(41)42/h1-16,34H,32-33H2,(H,41,42)(H,43,44,45)(H,46,47,48). The molecule has 8 N–H and O–H groups in total. The van der Waals surface area contributed by atoms with Crippen molar-refractivity contribution < 1.29 is 40.6 Å². The van der Waals surface area contributed by atoms with Gasteiger partial charge in [-0.1, -0.05) is 24.3 Å². The van der Waals surface area contributed by atoms with Crippen LogP contribution in [0.25, 0.3) is 11.1 Å². The molecule has 1 aliphatic carbocycles. The largest absolute Gasteiger partial charge is 0.478 e. The maximum Gasteiger partial charge on any atom is 0.339 e. The highest BCUT2D eigenvalue weighted by Gasteiger charge is 2.21. The number of carboxylic acid groups (broad SMARTS) is 1. The Labute approximate surface area is 283 Å². The van der Waals surface area contributed by atoms with Crippen molar-refractivity contribution in [3.63, 3.8) is 0 Å². The maximum atomic E-state index is 11.8. The average molecular weight is 717 g/mol. The minimum absolute atomic E-state index is 0.000226. The zero-order valence-electron chi connectivity index (χ0n) is 25.2. The number of ketones is 1. The zero-order chi connectivity index (χ0) is 36.2. The minimum atomic E-state index is -4.97. The summed E-state index contributed by atoms with van der Waals surface area (Å²) in [6, 6.07) is 19.2. The molecule has 0 amide bonds. The normalized spacial score (nSPS) is 14.4. The monoisotopic (exact) mass is 716 g/mol. The van der Waals surface area contributed by atoms with Crippen molar-refractivity contribution in [2.75, 3.05) is 16.9 Å². The second-order valence-electron chi connectivity index (χ2n) is 10.3. The number of nitrogens with zero attached hydrogens (tertiary/aromatic N) is 5. The Morgan fingerprint density at radius 1 is 0.680 bits per heavy atom. The number of carbonyl (C=O) groups is 2. The van der Waals surface area contributed by atoms with Gasteiger partial charge in [0.05, 0.1) is 33.4 Å². The molecule has 0 unspecified atom stereocenters. The van der Waals surface area contributed by atoms with Crippen LogP contribution in [0, 0.1) is 0 Å². The van der Waals surface area contributed by atoms with Crippen LogP contribution in [-0.4, -0.2) is 48.5 Å². The SMILES string of the molecule is Nc1cc(N)c(N=Nc2ccc(S(=O)(=O)O)cc2S(=O)(=O)O)cc1N=Nc1ccc(-c2ccc(NN=C3C=CC(=O)C(C(=O)O)=C3)cc2)cc1. The van der Waals surface area contributed by atoms with Crippen LogP contribution >= 0.6 is 0 Å². The Bertz CT molecular complexity index is 2410. The van der Waals surface area contributed by atoms with Crippen molar-refractivity contribution in [1.82, 2.24) is 0 Å². The lowest BCUT2D eigenvalue weighted by atomic mass is 10.0. The van der Waals surface area contributed by atoms with Gasteiger partial charge in [0, 0.05) is 0 Å². The van der Waals surface area contributed by atoms with Gasteiger partial charge >= 0.3 is 5.97 Å². The number of carboxylic acids is 1. The summed E-state index contributed by atoms with van der Waals surface area (Å²) < 4.78 is 65.2. The van der Waals surface area contributed by atoms with Crippen LogP contribution in [-0.2, 0) is 29.8 Å². The van der Waals surface area contributed by atoms with Gasteiger partial charge < -0.3 is 16.6 Å². The molecule has 0 spiro atoms. The molecule has 4 aromatic carbocycles. The van der Waals surface area contributed by atoms with E-state index in [1.807, 2.05) is 24.3 Å². The van der Waals surface area contributed by atoms with Gasteiger partial charge in [0.2, 0.25) is 0 Å². The molecule has 254 valence electrons. The number of anilines is 3. The van der Waals surface area contributed by atoms with Crippen LogP contribution in [0.5, 0.6) is 0 Å². The number of azo groups is 2. The van der Waals surface area contributed by atoms with Crippen molar-refractivity contribution in [2.45, 2.75) is 9.79 Å². The molecule has 0 aromatic heterocycles. The molecule has 19 heteroatoms. The fourth-order valence-corrected chi connectivity index (χ4v) is 5.52. The van der Waals surface area contributed by atoms with Gasteiger partial charge in [0.15, 0.2) is 5.78 Å². The smallest absolute Gasteiger partial charge is 0.339 e. The van der Waals surface area contributed by atoms with Gasteiger partial charge in [-0.2, -0.15) is 27.1 Å². The minimum Gasteiger partial charge on any atom is -0.478 e. The number of hydrazone groups is 1. The van der Waals surface area contributed by atoms with E-state index in [0.717, 1.165) is 29.3 Å². The molecule has 0 radical (unpaired) electrons. The van der Waals surface area contributed by atoms with E-state index in [1.54, 1.807) is 24.3 Å². The first-order valence-electron chi connectivity index (χ1n) is 13.9. The molecule has 17 nitrogen and oxygen atoms in total. The highest BCUT2D eigenvalue weighted by Crippen LogP contribution is 2.36. The Balaban J connectivity index is 1.29. The third-order valence-electron chi connectivity index (χ3n) is 6.81. The highest BCUT2D eigenvalue weighted by atomic mass is 32.2. The first-order valence-corrected chi connectivity index (χ1v) is 16.8. The molecular weight excluding hydrogens is 693 g/mol. The maximum absolute atomic E-state index is 11.8. The second-order valence-corrected chi connectivity index (χ2v) is 13.1. The fourth-order valence-electron chi connectivity index (χ4n) is 4.29. The van der Waals surface area contributed by atoms with E-state index in [9.17, 15) is 35.5 Å². The van der Waals surface area contributed by atoms with Crippen molar-refractivity contribution >= 4 is 77.5 Å². The number of aliphatic carboxylic acids is 1. The van der Waals surface area contributed by atoms with Crippen molar-refractivity contribution in [1.29, 1.82) is 0 Å². The lowest BCUT2D eigenvalue weighted by Gasteiger charge is -2.07. The van der Waals surface area contributed by atoms with Gasteiger partial charge in [-0.25, -0.2) is 4.79 Å². The topological polar surface area (TPSA) is 289 Å². The van der Waals surface area contributed by atoms with E-state index in [-0.39, 0.29) is 34.0 Å². The molecule has 0 fully saturated rings. The molecule has 5 rings (SSSR count). The lowest BCUT2D eigenvalue weighted by molar-refractivity contribution is -0.134. The third kappa shape index (κ3) is 8.35. The van der Waals surface area contributed by atoms with Crippen LogP contribution in [0.3, 0.4) is 0 Å². The van der Waals surface area contributed by atoms with E-state index in [1.165, 1.54) is 24.3 Å². The van der Waals surface area contributed by atoms with Crippen LogP contribution in [0.4, 0.5) is 39.8 Å². The number of nitrogen functional groups attached to an aromatic ring is 2. The van der Waals surface area contributed by atoms with Crippen LogP contribution in [0.1, 0.15) is 0 Å². The number of hydrogen-bond acceptors (Lipinski definition) is 14. The van der Waals surface area contributed by atoms with Crippen LogP contribution in [0.15, 0.2) is 138 Å². The van der Waals surface area contributed by atoms with E-state index >= 15 is 0 Å². The third-order valence-corrected chi connectivity index (χ3v) is 8.55. The summed E-state index contributed by atoms with van der Waals surface area (Å²) in [7, 11) is -9.75. The summed E-state index contributed by atoms with van der Waals surface area (Å²) in [6.07, 6.45) is 3.73. The number of allylic oxidation sites excluding steroid dienone is 3. The summed E-state index contributed by atoms with van der Waals surface area (Å²) >= 11 is 0. The molecule has 1 aliphatic rings. The Kier molecular flexibility index (Phi) is 9.76. The Morgan fingerprint density at radius 3 is 1.84 bits per heavy atom. The fraction of sp³-hybridized carbons (Fsp3) is 0. The molecule has 0 bridgehead atoms. The van der Waals surface area contributed by atoms with Crippen LogP contribution < -0.4 is 16.9 Å². The van der Waals surface area contributed by atoms with Crippen LogP contribution in [0.2, 0.25) is 0 Å². The molecule has 0 heterocycles. The van der Waals surface area contributed by atoms with Crippen molar-refractivity contribution in [3.8, 4) is 11.1 Å². The number of nitrogens with two attached hydrogens (primary N) is 2. The van der Waals surface area contributed by atoms with Gasteiger partial charge in [-0.05, 0) is 84.0 Å². The summed E-state index contributed by atoms with van der Waals surface area (Å²) in [5.41, 5.74) is 17.4. The summed E-state index contributed by atoms with van der Waals surface area (Å²) in [6.45, 7) is 0. The van der Waals surface area contributed by atoms with E-state index in [2.05, 4.69) is 31.0 Å². The van der Waals surface area contributed by atoms with Gasteiger partial charge in [-0.15, -0.1) is 15.3 Å². The van der Waals surface area contributed by atoms with E-state index < -0.39 is 47.5 Å². The lowest BCUT2D eigenvalue weighted by Crippen LogP contribution is -2.15. The quantitative estimate of drug-likeness (QED) is 0.0285. The number of benzene rings is 4. The van der Waals surface area contributed by atoms with Crippen molar-refractivity contribution in [2.24, 2.45) is 25.6 Å². The van der Waals surface area contributed by atoms with Crippen molar-refractivity contribution in [3.05, 3.63) is 103 Å². The predicted octanol–water partition coefficient (Wildman–Crippen LogP) is 5.76. The molecule has 0 saturated heterocycles. The molecular formula is C31H24N8O9S2. The van der Waals surface area contributed by atoms with Gasteiger partial charge in [-0.3, -0.25) is 19.3 Å². The van der Waals surface area contributed by atoms with Gasteiger partial charge in [0.25, 0.3) is 20.2 Å². The number of hydrogen-bond donors (Lipinski definition) is 6. The molecule has 50 heavy (non-hydrogen) atoms. The molecule has 0 atom stereocenters. The summed E-state index contributed by atoms with van der Waals surface area (Å²) in [5.74, 6) is -1.94. The zero-order valence-corrected chi connectivity index (χ0v) is 26.9. The molecule has 0 saturated carbocycles. The Morgan fingerprint density at radius 2 is 1.26 bits per heavy atom.